The van der Waals surface area contributed by atoms with Gasteiger partial charge in [-0.25, -0.2) is 0 Å². The first-order chi connectivity index (χ1) is 3.62. The number of carbonyl (C=O) groups excluding carboxylic acids is 1. The van der Waals surface area contributed by atoms with Crippen LogP contribution in [-0.4, -0.2) is 12.1 Å². The van der Waals surface area contributed by atoms with Gasteiger partial charge in [-0.1, -0.05) is 6.92 Å². The highest BCUT2D eigenvalue weighted by atomic mass is 16.1. The molecule has 0 aliphatic heterocycles. The van der Waals surface area contributed by atoms with E-state index in [9.17, 15) is 4.79 Å². The summed E-state index contributed by atoms with van der Waals surface area (Å²) in [5, 5.41) is 2.36. The Kier molecular flexibility index (Phi) is 2.48. The first kappa shape index (κ1) is 7.43. The van der Waals surface area contributed by atoms with Crippen LogP contribution < -0.4 is 11.1 Å². The van der Waals surface area contributed by atoms with Gasteiger partial charge in [-0.3, -0.25) is 4.79 Å². The van der Waals surface area contributed by atoms with Crippen LogP contribution in [0.2, 0.25) is 0 Å². The van der Waals surface area contributed by atoms with Crippen molar-refractivity contribution in [2.75, 3.05) is 0 Å². The van der Waals surface area contributed by atoms with E-state index in [4.69, 9.17) is 5.73 Å². The van der Waals surface area contributed by atoms with Crippen molar-refractivity contribution < 1.29 is 4.79 Å². The van der Waals surface area contributed by atoms with Crippen LogP contribution >= 0.6 is 0 Å². The van der Waals surface area contributed by atoms with Crippen molar-refractivity contribution in [1.82, 2.24) is 5.32 Å². The highest BCUT2D eigenvalue weighted by Crippen LogP contribution is 1.94. The van der Waals surface area contributed by atoms with Crippen LogP contribution in [0.3, 0.4) is 0 Å². The summed E-state index contributed by atoms with van der Waals surface area (Å²) < 4.78 is 0. The molecule has 0 aliphatic rings. The van der Waals surface area contributed by atoms with Gasteiger partial charge in [-0.05, 0) is 13.3 Å². The van der Waals surface area contributed by atoms with E-state index < -0.39 is 5.66 Å². The van der Waals surface area contributed by atoms with Crippen molar-refractivity contribution in [3.8, 4) is 0 Å². The molecular weight excluding hydrogens is 104 g/mol. The number of rotatable bonds is 3. The minimum atomic E-state index is -0.776. The van der Waals surface area contributed by atoms with E-state index in [2.05, 4.69) is 12.2 Å². The minimum absolute atomic E-state index is 0.552. The van der Waals surface area contributed by atoms with E-state index in [0.717, 1.165) is 0 Å². The maximum Gasteiger partial charge on any atom is 0.208 e. The molecule has 0 aromatic rings. The van der Waals surface area contributed by atoms with E-state index in [1.54, 1.807) is 0 Å². The van der Waals surface area contributed by atoms with Gasteiger partial charge in [0.1, 0.15) is 0 Å². The van der Waals surface area contributed by atoms with Gasteiger partial charge in [0.05, 0.1) is 5.66 Å². The van der Waals surface area contributed by atoms with E-state index in [1.807, 2.05) is 6.92 Å². The average molecular weight is 115 g/mol. The smallest absolute Gasteiger partial charge is 0.208 e. The molecule has 1 amide bonds. The van der Waals surface area contributed by atoms with Crippen LogP contribution in [0.25, 0.3) is 0 Å². The molecule has 0 saturated carbocycles. The van der Waals surface area contributed by atoms with Gasteiger partial charge in [-0.2, -0.15) is 0 Å². The van der Waals surface area contributed by atoms with Gasteiger partial charge in [0, 0.05) is 0 Å². The fourth-order valence-corrected chi connectivity index (χ4v) is 0.219. The van der Waals surface area contributed by atoms with Gasteiger partial charge in [0.2, 0.25) is 6.41 Å². The van der Waals surface area contributed by atoms with Gasteiger partial charge < -0.3 is 11.1 Å². The van der Waals surface area contributed by atoms with E-state index >= 15 is 0 Å². The van der Waals surface area contributed by atoms with Crippen LogP contribution in [0.5, 0.6) is 0 Å². The summed E-state index contributed by atoms with van der Waals surface area (Å²) in [6.07, 6.45) is 1.18. The number of hydrogen-bond acceptors (Lipinski definition) is 2. The molecule has 0 aromatic heterocycles. The Morgan fingerprint density at radius 1 is 2.00 bits per heavy atom. The van der Waals surface area contributed by atoms with Crippen molar-refractivity contribution in [3.63, 3.8) is 0 Å². The zero-order valence-electron chi connectivity index (χ0n) is 4.98. The highest BCUT2D eigenvalue weighted by molar-refractivity contribution is 5.47. The molecule has 3 nitrogen and oxygen atoms in total. The third-order valence-electron chi connectivity index (χ3n) is 0.977. The number of nitrogens with two attached hydrogens (primary N) is 1. The second kappa shape index (κ2) is 2.67. The molecule has 0 rings (SSSR count). The predicted molar refractivity (Wildman–Crippen MR) is 31.8 cm³/mol. The summed E-state index contributed by atoms with van der Waals surface area (Å²) in [7, 11) is 0. The summed E-state index contributed by atoms with van der Waals surface area (Å²) in [6.45, 7) is 5.36. The van der Waals surface area contributed by atoms with E-state index in [0.29, 0.717) is 12.8 Å². The molecule has 1 unspecified atom stereocenters. The molecule has 0 bridgehead atoms. The first-order valence-electron chi connectivity index (χ1n) is 2.48. The monoisotopic (exact) mass is 115 g/mol. The van der Waals surface area contributed by atoms with Crippen LogP contribution in [0, 0.1) is 6.92 Å². The maximum atomic E-state index is 9.75. The lowest BCUT2D eigenvalue weighted by atomic mass is 10.2. The number of hydrogen-bond donors (Lipinski definition) is 2. The predicted octanol–water partition coefficient (Wildman–Crippen LogP) is -0.369. The Labute approximate surface area is 49.3 Å². The van der Waals surface area contributed by atoms with Gasteiger partial charge in [0.25, 0.3) is 0 Å². The van der Waals surface area contributed by atoms with Gasteiger partial charge in [-0.15, -0.1) is 0 Å². The molecular formula is C5H11N2O. The summed E-state index contributed by atoms with van der Waals surface area (Å²) in [5.41, 5.74) is 4.60. The van der Waals surface area contributed by atoms with Crippen LogP contribution in [0.4, 0.5) is 0 Å². The minimum Gasteiger partial charge on any atom is -0.341 e. The Bertz CT molecular complexity index is 80.5. The molecule has 47 valence electrons. The molecule has 0 heterocycles. The third kappa shape index (κ3) is 2.58. The van der Waals surface area contributed by atoms with Crippen LogP contribution in [0.15, 0.2) is 0 Å². The topological polar surface area (TPSA) is 55.1 Å². The first-order valence-corrected chi connectivity index (χ1v) is 2.48. The SMILES string of the molecule is [CH2]C(N)(CC)NC=O. The molecule has 1 radical (unpaired) electrons. The Morgan fingerprint density at radius 2 is 2.50 bits per heavy atom. The van der Waals surface area contributed by atoms with Crippen LogP contribution in [-0.2, 0) is 4.79 Å². The number of carbonyl (C=O) groups is 1. The Hall–Kier alpha value is -0.570. The lowest BCUT2D eigenvalue weighted by Crippen LogP contribution is -2.49. The third-order valence-corrected chi connectivity index (χ3v) is 0.977. The molecule has 3 heteroatoms. The van der Waals surface area contributed by atoms with Gasteiger partial charge in [0.15, 0.2) is 0 Å². The summed E-state index contributed by atoms with van der Waals surface area (Å²) in [5.74, 6) is 0. The fourth-order valence-electron chi connectivity index (χ4n) is 0.219. The second-order valence-electron chi connectivity index (χ2n) is 1.77. The molecule has 1 atom stereocenters. The normalized spacial score (nSPS) is 16.9. The molecule has 0 aliphatic carbocycles. The fraction of sp³-hybridized carbons (Fsp3) is 0.600. The van der Waals surface area contributed by atoms with Crippen molar-refractivity contribution in [2.45, 2.75) is 19.0 Å². The molecule has 0 spiro atoms. The van der Waals surface area contributed by atoms with Gasteiger partial charge >= 0.3 is 0 Å². The zero-order valence-corrected chi connectivity index (χ0v) is 4.98. The van der Waals surface area contributed by atoms with Crippen molar-refractivity contribution in [1.29, 1.82) is 0 Å². The molecule has 0 saturated heterocycles. The lowest BCUT2D eigenvalue weighted by molar-refractivity contribution is -0.110. The zero-order chi connectivity index (χ0) is 6.62. The van der Waals surface area contributed by atoms with Crippen molar-refractivity contribution >= 4 is 6.41 Å². The summed E-state index contributed by atoms with van der Waals surface area (Å²) in [4.78, 5) is 9.75. The summed E-state index contributed by atoms with van der Waals surface area (Å²) in [6, 6.07) is 0. The van der Waals surface area contributed by atoms with Crippen LogP contribution in [0.1, 0.15) is 13.3 Å². The quantitative estimate of drug-likeness (QED) is 0.389. The van der Waals surface area contributed by atoms with Crippen molar-refractivity contribution in [2.24, 2.45) is 5.73 Å². The lowest BCUT2D eigenvalue weighted by Gasteiger charge is -2.20. The molecule has 8 heavy (non-hydrogen) atoms. The van der Waals surface area contributed by atoms with E-state index in [1.165, 1.54) is 0 Å². The summed E-state index contributed by atoms with van der Waals surface area (Å²) >= 11 is 0. The Balaban J connectivity index is 3.53. The maximum absolute atomic E-state index is 9.75. The Morgan fingerprint density at radius 3 is 2.62 bits per heavy atom. The largest absolute Gasteiger partial charge is 0.341 e. The molecule has 3 N–H and O–H groups in total. The molecule has 0 fully saturated rings. The van der Waals surface area contributed by atoms with E-state index in [-0.39, 0.29) is 0 Å². The molecule has 0 aromatic carbocycles. The van der Waals surface area contributed by atoms with Crippen molar-refractivity contribution in [3.05, 3.63) is 6.92 Å². The number of nitrogens with one attached hydrogen (secondary N) is 1. The highest BCUT2D eigenvalue weighted by Gasteiger charge is 2.11. The number of amides is 1. The second-order valence-corrected chi connectivity index (χ2v) is 1.77. The average Bonchev–Trinajstić information content (AvgIpc) is 1.67. The standard InChI is InChI=1S/C5H11N2O/c1-3-5(2,6)7-4-8/h4H,2-3,6H2,1H3,(H,7,8).